The predicted octanol–water partition coefficient (Wildman–Crippen LogP) is 2.33. The first-order valence-electron chi connectivity index (χ1n) is 7.31. The van der Waals surface area contributed by atoms with Crippen molar-refractivity contribution in [3.8, 4) is 0 Å². The molecule has 0 bridgehead atoms. The summed E-state index contributed by atoms with van der Waals surface area (Å²) in [5.41, 5.74) is 4.44. The molecule has 1 saturated heterocycles. The number of rotatable bonds is 4. The third kappa shape index (κ3) is 2.88. The minimum Gasteiger partial charge on any atom is -0.481 e. The number of ether oxygens (including phenoxy) is 1. The summed E-state index contributed by atoms with van der Waals surface area (Å²) in [6, 6.07) is 6.37. The van der Waals surface area contributed by atoms with Crippen molar-refractivity contribution in [2.24, 2.45) is 0 Å². The third-order valence-corrected chi connectivity index (χ3v) is 4.07. The summed E-state index contributed by atoms with van der Waals surface area (Å²) >= 11 is 0. The van der Waals surface area contributed by atoms with Crippen molar-refractivity contribution >= 4 is 22.6 Å². The molecular formula is C16H20N2O3. The Morgan fingerprint density at radius 3 is 2.86 bits per heavy atom. The number of carboxylic acids is 1. The second-order valence-electron chi connectivity index (χ2n) is 5.45. The van der Waals surface area contributed by atoms with Gasteiger partial charge in [-0.1, -0.05) is 6.07 Å². The zero-order valence-electron chi connectivity index (χ0n) is 12.2. The Labute approximate surface area is 123 Å². The lowest BCUT2D eigenvalue weighted by atomic mass is 10.1. The molecule has 2 N–H and O–H groups in total. The molecule has 1 aromatic heterocycles. The second kappa shape index (κ2) is 5.77. The van der Waals surface area contributed by atoms with Crippen LogP contribution in [-0.2, 0) is 16.0 Å². The first-order valence-corrected chi connectivity index (χ1v) is 7.31. The van der Waals surface area contributed by atoms with Crippen molar-refractivity contribution in [1.29, 1.82) is 0 Å². The van der Waals surface area contributed by atoms with Gasteiger partial charge in [-0.25, -0.2) is 0 Å². The number of benzene rings is 1. The van der Waals surface area contributed by atoms with E-state index in [-0.39, 0.29) is 6.42 Å². The molecule has 0 radical (unpaired) electrons. The van der Waals surface area contributed by atoms with Crippen molar-refractivity contribution in [3.63, 3.8) is 0 Å². The van der Waals surface area contributed by atoms with E-state index in [4.69, 9.17) is 9.84 Å². The van der Waals surface area contributed by atoms with Gasteiger partial charge in [0.25, 0.3) is 0 Å². The molecule has 21 heavy (non-hydrogen) atoms. The zero-order chi connectivity index (χ0) is 14.8. The van der Waals surface area contributed by atoms with Gasteiger partial charge in [0, 0.05) is 41.8 Å². The van der Waals surface area contributed by atoms with Crippen molar-refractivity contribution in [1.82, 2.24) is 4.98 Å². The molecular weight excluding hydrogens is 268 g/mol. The van der Waals surface area contributed by atoms with Gasteiger partial charge < -0.3 is 19.7 Å². The SMILES string of the molecule is Cc1[nH]c2cc(N3CCOCC3)ccc2c1CCC(=O)O. The van der Waals surface area contributed by atoms with Crippen molar-refractivity contribution < 1.29 is 14.6 Å². The number of aryl methyl sites for hydroxylation is 2. The quantitative estimate of drug-likeness (QED) is 0.906. The monoisotopic (exact) mass is 288 g/mol. The molecule has 1 aliphatic rings. The van der Waals surface area contributed by atoms with Crippen LogP contribution in [-0.4, -0.2) is 42.4 Å². The van der Waals surface area contributed by atoms with E-state index in [2.05, 4.69) is 28.1 Å². The highest BCUT2D eigenvalue weighted by Gasteiger charge is 2.14. The predicted molar refractivity (Wildman–Crippen MR) is 82.0 cm³/mol. The maximum atomic E-state index is 10.8. The Balaban J connectivity index is 1.90. The van der Waals surface area contributed by atoms with Gasteiger partial charge in [0.15, 0.2) is 0 Å². The average molecular weight is 288 g/mol. The maximum absolute atomic E-state index is 10.8. The van der Waals surface area contributed by atoms with E-state index in [0.29, 0.717) is 6.42 Å². The van der Waals surface area contributed by atoms with Gasteiger partial charge in [-0.15, -0.1) is 0 Å². The summed E-state index contributed by atoms with van der Waals surface area (Å²) in [7, 11) is 0. The summed E-state index contributed by atoms with van der Waals surface area (Å²) in [6.45, 7) is 5.37. The summed E-state index contributed by atoms with van der Waals surface area (Å²) < 4.78 is 5.38. The smallest absolute Gasteiger partial charge is 0.303 e. The number of aliphatic carboxylic acids is 1. The normalized spacial score (nSPS) is 15.6. The number of H-pyrrole nitrogens is 1. The van der Waals surface area contributed by atoms with Gasteiger partial charge in [0.05, 0.1) is 13.2 Å². The van der Waals surface area contributed by atoms with Crippen molar-refractivity contribution in [2.45, 2.75) is 19.8 Å². The summed E-state index contributed by atoms with van der Waals surface area (Å²) in [5.74, 6) is -0.756. The number of aromatic amines is 1. The number of nitrogens with zero attached hydrogens (tertiary/aromatic N) is 1. The number of fused-ring (bicyclic) bond motifs is 1. The molecule has 5 heteroatoms. The van der Waals surface area contributed by atoms with Crippen LogP contribution in [0.4, 0.5) is 5.69 Å². The fourth-order valence-electron chi connectivity index (χ4n) is 2.95. The van der Waals surface area contributed by atoms with Crippen LogP contribution in [0.15, 0.2) is 18.2 Å². The summed E-state index contributed by atoms with van der Waals surface area (Å²) in [4.78, 5) is 16.5. The Kier molecular flexibility index (Phi) is 3.84. The van der Waals surface area contributed by atoms with Crippen LogP contribution in [0.1, 0.15) is 17.7 Å². The molecule has 0 spiro atoms. The van der Waals surface area contributed by atoms with Crippen LogP contribution in [0.25, 0.3) is 10.9 Å². The maximum Gasteiger partial charge on any atom is 0.303 e. The molecule has 5 nitrogen and oxygen atoms in total. The van der Waals surface area contributed by atoms with E-state index in [1.54, 1.807) is 0 Å². The number of morpholine rings is 1. The number of nitrogens with one attached hydrogen (secondary N) is 1. The first-order chi connectivity index (χ1) is 10.1. The van der Waals surface area contributed by atoms with E-state index in [1.807, 2.05) is 6.92 Å². The van der Waals surface area contributed by atoms with Crippen LogP contribution in [0.5, 0.6) is 0 Å². The first kappa shape index (κ1) is 13.9. The molecule has 1 fully saturated rings. The van der Waals surface area contributed by atoms with Crippen molar-refractivity contribution in [2.75, 3.05) is 31.2 Å². The number of carboxylic acid groups (broad SMARTS) is 1. The lowest BCUT2D eigenvalue weighted by molar-refractivity contribution is -0.136. The van der Waals surface area contributed by atoms with Gasteiger partial charge in [-0.05, 0) is 31.0 Å². The number of carbonyl (C=O) groups is 1. The van der Waals surface area contributed by atoms with Gasteiger partial charge in [-0.3, -0.25) is 4.79 Å². The molecule has 0 amide bonds. The fraction of sp³-hybridized carbons (Fsp3) is 0.438. The number of hydrogen-bond acceptors (Lipinski definition) is 3. The van der Waals surface area contributed by atoms with Gasteiger partial charge >= 0.3 is 5.97 Å². The van der Waals surface area contributed by atoms with Gasteiger partial charge in [0.2, 0.25) is 0 Å². The molecule has 112 valence electrons. The zero-order valence-corrected chi connectivity index (χ0v) is 12.2. The van der Waals surface area contributed by atoms with Gasteiger partial charge in [0.1, 0.15) is 0 Å². The van der Waals surface area contributed by atoms with E-state index in [0.717, 1.165) is 48.5 Å². The molecule has 0 unspecified atom stereocenters. The van der Waals surface area contributed by atoms with E-state index in [1.165, 1.54) is 5.69 Å². The van der Waals surface area contributed by atoms with Crippen LogP contribution in [0, 0.1) is 6.92 Å². The van der Waals surface area contributed by atoms with E-state index in [9.17, 15) is 4.79 Å². The summed E-state index contributed by atoms with van der Waals surface area (Å²) in [5, 5.41) is 9.99. The second-order valence-corrected chi connectivity index (χ2v) is 5.45. The molecule has 3 rings (SSSR count). The summed E-state index contributed by atoms with van der Waals surface area (Å²) in [6.07, 6.45) is 0.733. The highest BCUT2D eigenvalue weighted by Crippen LogP contribution is 2.28. The van der Waals surface area contributed by atoms with Crippen LogP contribution < -0.4 is 4.90 Å². The Bertz CT molecular complexity index is 657. The molecule has 0 atom stereocenters. The molecule has 1 aromatic carbocycles. The van der Waals surface area contributed by atoms with Crippen LogP contribution >= 0.6 is 0 Å². The fourth-order valence-corrected chi connectivity index (χ4v) is 2.95. The van der Waals surface area contributed by atoms with Crippen LogP contribution in [0.3, 0.4) is 0 Å². The third-order valence-electron chi connectivity index (χ3n) is 4.07. The van der Waals surface area contributed by atoms with Crippen molar-refractivity contribution in [3.05, 3.63) is 29.5 Å². The molecule has 2 aromatic rings. The Hall–Kier alpha value is -2.01. The van der Waals surface area contributed by atoms with E-state index >= 15 is 0 Å². The molecule has 1 aliphatic heterocycles. The van der Waals surface area contributed by atoms with Crippen LogP contribution in [0.2, 0.25) is 0 Å². The molecule has 2 heterocycles. The highest BCUT2D eigenvalue weighted by atomic mass is 16.5. The lowest BCUT2D eigenvalue weighted by Crippen LogP contribution is -2.36. The molecule has 0 aliphatic carbocycles. The minimum atomic E-state index is -0.756. The average Bonchev–Trinajstić information content (AvgIpc) is 2.80. The topological polar surface area (TPSA) is 65.6 Å². The van der Waals surface area contributed by atoms with Gasteiger partial charge in [-0.2, -0.15) is 0 Å². The minimum absolute atomic E-state index is 0.166. The van der Waals surface area contributed by atoms with E-state index < -0.39 is 5.97 Å². The number of anilines is 1. The molecule has 0 saturated carbocycles. The Morgan fingerprint density at radius 1 is 1.38 bits per heavy atom. The highest BCUT2D eigenvalue weighted by molar-refractivity contribution is 5.88. The largest absolute Gasteiger partial charge is 0.481 e. The standard InChI is InChI=1S/C16H20N2O3/c1-11-13(4-5-16(19)20)14-3-2-12(10-15(14)17-11)18-6-8-21-9-7-18/h2-3,10,17H,4-9H2,1H3,(H,19,20). The lowest BCUT2D eigenvalue weighted by Gasteiger charge is -2.28. The number of aromatic nitrogens is 1. The Morgan fingerprint density at radius 2 is 2.14 bits per heavy atom. The number of hydrogen-bond donors (Lipinski definition) is 2.